The zero-order chi connectivity index (χ0) is 18.7. The molecule has 3 rings (SSSR count). The Kier molecular flexibility index (Phi) is 5.59. The van der Waals surface area contributed by atoms with Crippen molar-refractivity contribution in [3.63, 3.8) is 0 Å². The van der Waals surface area contributed by atoms with E-state index >= 15 is 0 Å². The third-order valence-corrected chi connectivity index (χ3v) is 5.29. The van der Waals surface area contributed by atoms with Crippen molar-refractivity contribution >= 4 is 23.4 Å². The molecule has 6 nitrogen and oxygen atoms in total. The van der Waals surface area contributed by atoms with Gasteiger partial charge in [-0.3, -0.25) is 14.4 Å². The van der Waals surface area contributed by atoms with Crippen LogP contribution in [-0.4, -0.2) is 49.3 Å². The first-order chi connectivity index (χ1) is 12.5. The summed E-state index contributed by atoms with van der Waals surface area (Å²) in [4.78, 5) is 40.0. The molecule has 0 unspecified atom stereocenters. The van der Waals surface area contributed by atoms with E-state index in [2.05, 4.69) is 5.32 Å². The second-order valence-corrected chi connectivity index (χ2v) is 7.36. The van der Waals surface area contributed by atoms with Crippen LogP contribution in [0.2, 0.25) is 0 Å². The van der Waals surface area contributed by atoms with Gasteiger partial charge in [0, 0.05) is 39.5 Å². The summed E-state index contributed by atoms with van der Waals surface area (Å²) < 4.78 is 0. The van der Waals surface area contributed by atoms with Crippen molar-refractivity contribution in [2.24, 2.45) is 11.8 Å². The van der Waals surface area contributed by atoms with E-state index in [4.69, 9.17) is 0 Å². The zero-order valence-corrected chi connectivity index (χ0v) is 15.5. The van der Waals surface area contributed by atoms with Crippen molar-refractivity contribution < 1.29 is 14.4 Å². The van der Waals surface area contributed by atoms with E-state index in [-0.39, 0.29) is 23.6 Å². The minimum atomic E-state index is -0.0194. The Bertz CT molecular complexity index is 691. The molecule has 1 aromatic rings. The largest absolute Gasteiger partial charge is 0.356 e. The maximum absolute atomic E-state index is 13.0. The molecule has 140 valence electrons. The lowest BCUT2D eigenvalue weighted by Crippen LogP contribution is -2.42. The van der Waals surface area contributed by atoms with Crippen molar-refractivity contribution in [2.45, 2.75) is 32.6 Å². The molecule has 0 radical (unpaired) electrons. The highest BCUT2D eigenvalue weighted by molar-refractivity contribution is 6.05. The van der Waals surface area contributed by atoms with Crippen LogP contribution in [0.5, 0.6) is 0 Å². The fourth-order valence-electron chi connectivity index (χ4n) is 3.47. The predicted octanol–water partition coefficient (Wildman–Crippen LogP) is 2.05. The molecule has 1 N–H and O–H groups in total. The van der Waals surface area contributed by atoms with E-state index in [1.807, 2.05) is 23.1 Å². The lowest BCUT2D eigenvalue weighted by molar-refractivity contribution is -0.120. The van der Waals surface area contributed by atoms with Crippen LogP contribution in [0, 0.1) is 11.8 Å². The normalized spacial score (nSPS) is 17.7. The number of rotatable bonds is 5. The van der Waals surface area contributed by atoms with Crippen molar-refractivity contribution in [1.29, 1.82) is 0 Å². The molecule has 1 heterocycles. The molecular formula is C20H27N3O3. The van der Waals surface area contributed by atoms with Crippen molar-refractivity contribution in [3.8, 4) is 0 Å². The van der Waals surface area contributed by atoms with Crippen LogP contribution in [0.15, 0.2) is 24.3 Å². The first-order valence-electron chi connectivity index (χ1n) is 9.37. The quantitative estimate of drug-likeness (QED) is 0.877. The summed E-state index contributed by atoms with van der Waals surface area (Å²) in [7, 11) is 1.76. The van der Waals surface area contributed by atoms with Crippen LogP contribution in [0.25, 0.3) is 0 Å². The maximum Gasteiger partial charge on any atom is 0.255 e. The van der Waals surface area contributed by atoms with Gasteiger partial charge < -0.3 is 15.1 Å². The van der Waals surface area contributed by atoms with Gasteiger partial charge in [-0.25, -0.2) is 0 Å². The standard InChI is InChI=1S/C20H27N3O3/c1-14(24)21-13-15-9-11-23(12-10-15)20(26)17-5-3-4-6-18(17)22(2)19(25)16-7-8-16/h3-6,15-16H,7-13H2,1-2H3,(H,21,24). The summed E-state index contributed by atoms with van der Waals surface area (Å²) >= 11 is 0. The van der Waals surface area contributed by atoms with Gasteiger partial charge in [0.05, 0.1) is 11.3 Å². The number of anilines is 1. The minimum Gasteiger partial charge on any atom is -0.356 e. The molecule has 1 aliphatic heterocycles. The molecule has 1 saturated heterocycles. The molecule has 3 amide bonds. The van der Waals surface area contributed by atoms with Gasteiger partial charge in [-0.2, -0.15) is 0 Å². The number of hydrogen-bond donors (Lipinski definition) is 1. The Morgan fingerprint density at radius 1 is 1.12 bits per heavy atom. The summed E-state index contributed by atoms with van der Waals surface area (Å²) in [5, 5.41) is 2.86. The van der Waals surface area contributed by atoms with Gasteiger partial charge in [0.2, 0.25) is 11.8 Å². The predicted molar refractivity (Wildman–Crippen MR) is 99.9 cm³/mol. The molecular weight excluding hydrogens is 330 g/mol. The van der Waals surface area contributed by atoms with E-state index in [1.54, 1.807) is 18.0 Å². The number of benzene rings is 1. The molecule has 1 saturated carbocycles. The maximum atomic E-state index is 13.0. The summed E-state index contributed by atoms with van der Waals surface area (Å²) in [6.07, 6.45) is 3.65. The Morgan fingerprint density at radius 2 is 1.77 bits per heavy atom. The third kappa shape index (κ3) is 4.23. The van der Waals surface area contributed by atoms with Crippen molar-refractivity contribution in [2.75, 3.05) is 31.6 Å². The number of para-hydroxylation sites is 1. The number of carbonyl (C=O) groups excluding carboxylic acids is 3. The third-order valence-electron chi connectivity index (χ3n) is 5.29. The lowest BCUT2D eigenvalue weighted by atomic mass is 9.96. The molecule has 0 atom stereocenters. The van der Waals surface area contributed by atoms with Crippen LogP contribution in [0.4, 0.5) is 5.69 Å². The SMILES string of the molecule is CC(=O)NCC1CCN(C(=O)c2ccccc2N(C)C(=O)C2CC2)CC1. The molecule has 1 aromatic carbocycles. The Hall–Kier alpha value is -2.37. The first kappa shape index (κ1) is 18.4. The summed E-state index contributed by atoms with van der Waals surface area (Å²) in [6.45, 7) is 3.55. The summed E-state index contributed by atoms with van der Waals surface area (Å²) in [5.41, 5.74) is 1.28. The number of carbonyl (C=O) groups is 3. The monoisotopic (exact) mass is 357 g/mol. The minimum absolute atomic E-state index is 0.0131. The van der Waals surface area contributed by atoms with Gasteiger partial charge in [-0.15, -0.1) is 0 Å². The molecule has 1 aliphatic carbocycles. The Balaban J connectivity index is 1.65. The number of hydrogen-bond acceptors (Lipinski definition) is 3. The second-order valence-electron chi connectivity index (χ2n) is 7.36. The van der Waals surface area contributed by atoms with Crippen LogP contribution in [0.1, 0.15) is 43.0 Å². The fraction of sp³-hybridized carbons (Fsp3) is 0.550. The van der Waals surface area contributed by atoms with Gasteiger partial charge >= 0.3 is 0 Å². The molecule has 0 spiro atoms. The lowest BCUT2D eigenvalue weighted by Gasteiger charge is -2.33. The molecule has 0 aromatic heterocycles. The number of likely N-dealkylation sites (tertiary alicyclic amines) is 1. The second kappa shape index (κ2) is 7.89. The molecule has 2 fully saturated rings. The zero-order valence-electron chi connectivity index (χ0n) is 15.5. The smallest absolute Gasteiger partial charge is 0.255 e. The van der Waals surface area contributed by atoms with Crippen LogP contribution < -0.4 is 10.2 Å². The van der Waals surface area contributed by atoms with Gasteiger partial charge in [0.25, 0.3) is 5.91 Å². The van der Waals surface area contributed by atoms with Crippen LogP contribution >= 0.6 is 0 Å². The number of nitrogens with one attached hydrogen (secondary N) is 1. The van der Waals surface area contributed by atoms with Gasteiger partial charge in [-0.05, 0) is 43.7 Å². The average Bonchev–Trinajstić information content (AvgIpc) is 3.50. The van der Waals surface area contributed by atoms with E-state index < -0.39 is 0 Å². The number of piperidine rings is 1. The molecule has 6 heteroatoms. The molecule has 26 heavy (non-hydrogen) atoms. The first-order valence-corrected chi connectivity index (χ1v) is 9.37. The number of amides is 3. The Morgan fingerprint density at radius 3 is 2.38 bits per heavy atom. The highest BCUT2D eigenvalue weighted by Gasteiger charge is 2.34. The highest BCUT2D eigenvalue weighted by Crippen LogP contribution is 2.33. The fourth-order valence-corrected chi connectivity index (χ4v) is 3.47. The van der Waals surface area contributed by atoms with Gasteiger partial charge in [0.15, 0.2) is 0 Å². The summed E-state index contributed by atoms with van der Waals surface area (Å²) in [6, 6.07) is 7.35. The molecule has 0 bridgehead atoms. The molecule has 2 aliphatic rings. The van der Waals surface area contributed by atoms with E-state index in [0.29, 0.717) is 36.8 Å². The van der Waals surface area contributed by atoms with Crippen LogP contribution in [0.3, 0.4) is 0 Å². The van der Waals surface area contributed by atoms with E-state index in [9.17, 15) is 14.4 Å². The highest BCUT2D eigenvalue weighted by atomic mass is 16.2. The van der Waals surface area contributed by atoms with Crippen molar-refractivity contribution in [3.05, 3.63) is 29.8 Å². The topological polar surface area (TPSA) is 69.7 Å². The van der Waals surface area contributed by atoms with Gasteiger partial charge in [0.1, 0.15) is 0 Å². The van der Waals surface area contributed by atoms with E-state index in [1.165, 1.54) is 6.92 Å². The average molecular weight is 357 g/mol. The van der Waals surface area contributed by atoms with Gasteiger partial charge in [-0.1, -0.05) is 12.1 Å². The number of nitrogens with zero attached hydrogens (tertiary/aromatic N) is 2. The van der Waals surface area contributed by atoms with E-state index in [0.717, 1.165) is 25.7 Å². The Labute approximate surface area is 154 Å². The summed E-state index contributed by atoms with van der Waals surface area (Å²) in [5.74, 6) is 0.596. The van der Waals surface area contributed by atoms with Crippen molar-refractivity contribution in [1.82, 2.24) is 10.2 Å². The van der Waals surface area contributed by atoms with Crippen LogP contribution in [-0.2, 0) is 9.59 Å².